The molecule has 0 aliphatic carbocycles. The van der Waals surface area contributed by atoms with Crippen LogP contribution in [0.5, 0.6) is 0 Å². The second-order valence-electron chi connectivity index (χ2n) is 3.26. The Hall–Kier alpha value is -1.00. The van der Waals surface area contributed by atoms with Crippen molar-refractivity contribution in [1.29, 1.82) is 0 Å². The van der Waals surface area contributed by atoms with Crippen LogP contribution >= 0.6 is 11.8 Å². The summed E-state index contributed by atoms with van der Waals surface area (Å²) in [5.41, 5.74) is 2.16. The summed E-state index contributed by atoms with van der Waals surface area (Å²) in [6, 6.07) is 8.11. The van der Waals surface area contributed by atoms with Crippen molar-refractivity contribution in [3.63, 3.8) is 0 Å². The quantitative estimate of drug-likeness (QED) is 0.601. The molecule has 15 heavy (non-hydrogen) atoms. The standard InChI is InChI=1S/C11H15N3S/c1-2-12-7-8-15-11-13-9-5-3-4-6-10(9)14-11/h3-6,12H,2,7-8H2,1H3,(H,13,14). The highest BCUT2D eigenvalue weighted by atomic mass is 32.2. The molecule has 0 unspecified atom stereocenters. The van der Waals surface area contributed by atoms with Crippen LogP contribution in [0.4, 0.5) is 0 Å². The monoisotopic (exact) mass is 221 g/mol. The van der Waals surface area contributed by atoms with Crippen molar-refractivity contribution < 1.29 is 0 Å². The van der Waals surface area contributed by atoms with Gasteiger partial charge in [-0.1, -0.05) is 30.8 Å². The highest BCUT2D eigenvalue weighted by Gasteiger charge is 2.01. The van der Waals surface area contributed by atoms with Gasteiger partial charge in [0.1, 0.15) is 0 Å². The Balaban J connectivity index is 1.97. The van der Waals surface area contributed by atoms with E-state index < -0.39 is 0 Å². The second-order valence-corrected chi connectivity index (χ2v) is 4.34. The van der Waals surface area contributed by atoms with E-state index in [4.69, 9.17) is 0 Å². The smallest absolute Gasteiger partial charge is 0.166 e. The van der Waals surface area contributed by atoms with Crippen LogP contribution in [0.25, 0.3) is 11.0 Å². The summed E-state index contributed by atoms with van der Waals surface area (Å²) in [4.78, 5) is 7.79. The summed E-state index contributed by atoms with van der Waals surface area (Å²) in [5.74, 6) is 1.05. The Morgan fingerprint density at radius 3 is 3.07 bits per heavy atom. The van der Waals surface area contributed by atoms with Crippen LogP contribution in [-0.2, 0) is 0 Å². The number of rotatable bonds is 5. The first-order chi connectivity index (χ1) is 7.40. The maximum Gasteiger partial charge on any atom is 0.166 e. The Kier molecular flexibility index (Phi) is 3.64. The van der Waals surface area contributed by atoms with Gasteiger partial charge in [0, 0.05) is 12.3 Å². The van der Waals surface area contributed by atoms with Crippen molar-refractivity contribution in [3.05, 3.63) is 24.3 Å². The first-order valence-electron chi connectivity index (χ1n) is 5.18. The number of nitrogens with one attached hydrogen (secondary N) is 2. The van der Waals surface area contributed by atoms with Crippen LogP contribution in [0.2, 0.25) is 0 Å². The Morgan fingerprint density at radius 1 is 1.40 bits per heavy atom. The number of aromatic nitrogens is 2. The van der Waals surface area contributed by atoms with Crippen molar-refractivity contribution in [2.75, 3.05) is 18.8 Å². The molecule has 0 saturated heterocycles. The molecular weight excluding hydrogens is 206 g/mol. The Labute approximate surface area is 93.7 Å². The van der Waals surface area contributed by atoms with Crippen molar-refractivity contribution in [2.24, 2.45) is 0 Å². The summed E-state index contributed by atoms with van der Waals surface area (Å²) in [6.45, 7) is 4.17. The first kappa shape index (κ1) is 10.5. The van der Waals surface area contributed by atoms with Crippen molar-refractivity contribution in [2.45, 2.75) is 12.1 Å². The molecule has 80 valence electrons. The molecule has 0 amide bonds. The predicted molar refractivity (Wildman–Crippen MR) is 65.4 cm³/mol. The topological polar surface area (TPSA) is 40.7 Å². The van der Waals surface area contributed by atoms with Gasteiger partial charge in [0.25, 0.3) is 0 Å². The number of thioether (sulfide) groups is 1. The highest BCUT2D eigenvalue weighted by Crippen LogP contribution is 2.18. The summed E-state index contributed by atoms with van der Waals surface area (Å²) < 4.78 is 0. The van der Waals surface area contributed by atoms with Crippen molar-refractivity contribution >= 4 is 22.8 Å². The maximum atomic E-state index is 4.49. The fraction of sp³-hybridized carbons (Fsp3) is 0.364. The van der Waals surface area contributed by atoms with Gasteiger partial charge in [-0.25, -0.2) is 4.98 Å². The van der Waals surface area contributed by atoms with Crippen LogP contribution in [0, 0.1) is 0 Å². The normalized spacial score (nSPS) is 11.0. The summed E-state index contributed by atoms with van der Waals surface area (Å²) in [6.07, 6.45) is 0. The van der Waals surface area contributed by atoms with Crippen LogP contribution in [0.3, 0.4) is 0 Å². The molecule has 4 heteroatoms. The van der Waals surface area contributed by atoms with Crippen LogP contribution < -0.4 is 5.32 Å². The molecule has 3 nitrogen and oxygen atoms in total. The lowest BCUT2D eigenvalue weighted by molar-refractivity contribution is 0.767. The van der Waals surface area contributed by atoms with E-state index in [0.29, 0.717) is 0 Å². The zero-order chi connectivity index (χ0) is 10.5. The number of hydrogen-bond donors (Lipinski definition) is 2. The number of imidazole rings is 1. The predicted octanol–water partition coefficient (Wildman–Crippen LogP) is 2.26. The van der Waals surface area contributed by atoms with Gasteiger partial charge in [-0.3, -0.25) is 0 Å². The van der Waals surface area contributed by atoms with Gasteiger partial charge in [0.05, 0.1) is 11.0 Å². The lowest BCUT2D eigenvalue weighted by Gasteiger charge is -1.98. The number of benzene rings is 1. The number of aromatic amines is 1. The SMILES string of the molecule is CCNCCSc1nc2ccccc2[nH]1. The molecule has 2 N–H and O–H groups in total. The minimum Gasteiger partial charge on any atom is -0.333 e. The van der Waals surface area contributed by atoms with E-state index >= 15 is 0 Å². The van der Waals surface area contributed by atoms with Crippen LogP contribution in [-0.4, -0.2) is 28.8 Å². The molecule has 0 bridgehead atoms. The van der Waals surface area contributed by atoms with E-state index in [1.807, 2.05) is 18.2 Å². The molecule has 0 atom stereocenters. The fourth-order valence-electron chi connectivity index (χ4n) is 1.39. The van der Waals surface area contributed by atoms with E-state index in [9.17, 15) is 0 Å². The van der Waals surface area contributed by atoms with Crippen molar-refractivity contribution in [1.82, 2.24) is 15.3 Å². The molecule has 1 aromatic heterocycles. The molecule has 0 aliphatic heterocycles. The third-order valence-electron chi connectivity index (χ3n) is 2.14. The van der Waals surface area contributed by atoms with E-state index in [1.54, 1.807) is 11.8 Å². The number of fused-ring (bicyclic) bond motifs is 1. The molecule has 0 spiro atoms. The number of H-pyrrole nitrogens is 1. The van der Waals surface area contributed by atoms with Gasteiger partial charge in [-0.2, -0.15) is 0 Å². The number of hydrogen-bond acceptors (Lipinski definition) is 3. The number of nitrogens with zero attached hydrogens (tertiary/aromatic N) is 1. The molecule has 2 aromatic rings. The maximum absolute atomic E-state index is 4.49. The first-order valence-corrected chi connectivity index (χ1v) is 6.17. The van der Waals surface area contributed by atoms with E-state index in [2.05, 4.69) is 28.3 Å². The third kappa shape index (κ3) is 2.73. The lowest BCUT2D eigenvalue weighted by atomic mass is 10.3. The average Bonchev–Trinajstić information content (AvgIpc) is 2.67. The second kappa shape index (κ2) is 5.19. The minimum atomic E-state index is 1.01. The average molecular weight is 221 g/mol. The molecule has 1 heterocycles. The van der Waals surface area contributed by atoms with Crippen LogP contribution in [0.15, 0.2) is 29.4 Å². The summed E-state index contributed by atoms with van der Waals surface area (Å²) >= 11 is 1.76. The van der Waals surface area contributed by atoms with Gasteiger partial charge < -0.3 is 10.3 Å². The molecule has 2 rings (SSSR count). The Bertz CT molecular complexity index is 391. The largest absolute Gasteiger partial charge is 0.333 e. The van der Waals surface area contributed by atoms with Crippen molar-refractivity contribution in [3.8, 4) is 0 Å². The van der Waals surface area contributed by atoms with E-state index in [1.165, 1.54) is 0 Å². The number of para-hydroxylation sites is 2. The Morgan fingerprint density at radius 2 is 2.27 bits per heavy atom. The third-order valence-corrected chi connectivity index (χ3v) is 3.01. The summed E-state index contributed by atoms with van der Waals surface area (Å²) in [7, 11) is 0. The zero-order valence-electron chi connectivity index (χ0n) is 8.79. The molecular formula is C11H15N3S. The van der Waals surface area contributed by atoms with Gasteiger partial charge in [0.2, 0.25) is 0 Å². The fourth-order valence-corrected chi connectivity index (χ4v) is 2.18. The zero-order valence-corrected chi connectivity index (χ0v) is 9.60. The van der Waals surface area contributed by atoms with E-state index in [-0.39, 0.29) is 0 Å². The summed E-state index contributed by atoms with van der Waals surface area (Å²) in [5, 5.41) is 4.30. The molecule has 0 saturated carbocycles. The molecule has 1 aromatic carbocycles. The molecule has 0 aliphatic rings. The van der Waals surface area contributed by atoms with Gasteiger partial charge >= 0.3 is 0 Å². The highest BCUT2D eigenvalue weighted by molar-refractivity contribution is 7.99. The molecule has 0 radical (unpaired) electrons. The molecule has 0 fully saturated rings. The van der Waals surface area contributed by atoms with Crippen LogP contribution in [0.1, 0.15) is 6.92 Å². The lowest BCUT2D eigenvalue weighted by Crippen LogP contribution is -2.15. The van der Waals surface area contributed by atoms with Gasteiger partial charge in [-0.05, 0) is 18.7 Å². The van der Waals surface area contributed by atoms with Gasteiger partial charge in [-0.15, -0.1) is 0 Å². The van der Waals surface area contributed by atoms with E-state index in [0.717, 1.165) is 35.0 Å². The minimum absolute atomic E-state index is 1.01. The van der Waals surface area contributed by atoms with Gasteiger partial charge in [0.15, 0.2) is 5.16 Å².